The van der Waals surface area contributed by atoms with Crippen molar-refractivity contribution in [3.8, 4) is 0 Å². The number of fused-ring (bicyclic) bond motifs is 1. The van der Waals surface area contributed by atoms with Crippen molar-refractivity contribution in [3.05, 3.63) is 40.3 Å². The van der Waals surface area contributed by atoms with Gasteiger partial charge < -0.3 is 0 Å². The van der Waals surface area contributed by atoms with Gasteiger partial charge in [0.2, 0.25) is 18.8 Å². The molecule has 0 saturated heterocycles. The Kier molecular flexibility index (Phi) is 5.23. The highest BCUT2D eigenvalue weighted by atomic mass is 79.9. The molecule has 0 spiro atoms. The van der Waals surface area contributed by atoms with Crippen LogP contribution in [-0.4, -0.2) is 36.8 Å². The van der Waals surface area contributed by atoms with E-state index in [2.05, 4.69) is 20.9 Å². The first kappa shape index (κ1) is 16.5. The highest BCUT2D eigenvalue weighted by molar-refractivity contribution is 9.10. The van der Waals surface area contributed by atoms with Crippen LogP contribution < -0.4 is 4.90 Å². The Bertz CT molecular complexity index is 648. The van der Waals surface area contributed by atoms with Crippen molar-refractivity contribution >= 4 is 33.5 Å². The molecule has 8 heteroatoms. The first-order chi connectivity index (χ1) is 10.5. The predicted octanol–water partition coefficient (Wildman–Crippen LogP) is 3.47. The Hall–Kier alpha value is -1.83. The number of nitrogens with zero attached hydrogens (tertiary/aromatic N) is 3. The summed E-state index contributed by atoms with van der Waals surface area (Å²) in [6.07, 6.45) is 1.00. The molecule has 0 bridgehead atoms. The second-order valence-electron chi connectivity index (χ2n) is 4.51. The molecule has 1 aromatic rings. The zero-order valence-corrected chi connectivity index (χ0v) is 13.3. The molecule has 118 valence electrons. The second kappa shape index (κ2) is 6.95. The van der Waals surface area contributed by atoms with E-state index in [0.717, 1.165) is 16.1 Å². The standard InChI is InChI=1S/C13H11BrFN3O.CH2F2/c1-8-6-9(2-3-10(8)14)18-12(19)7-11(15)17-5-4-16-13(17)18;2-1-3/h2-3,6-7H,4-5H2,1H3;1H2. The molecule has 4 nitrogen and oxygen atoms in total. The molecular formula is C14H13BrF3N3O. The number of hydrogen-bond acceptors (Lipinski definition) is 3. The molecule has 0 aliphatic carbocycles. The average Bonchev–Trinajstić information content (AvgIpc) is 2.93. The van der Waals surface area contributed by atoms with Gasteiger partial charge in [-0.05, 0) is 30.7 Å². The van der Waals surface area contributed by atoms with Crippen LogP contribution in [0.4, 0.5) is 18.9 Å². The number of anilines is 1. The van der Waals surface area contributed by atoms with E-state index in [1.807, 2.05) is 25.1 Å². The topological polar surface area (TPSA) is 35.9 Å². The third-order valence-electron chi connectivity index (χ3n) is 3.14. The molecule has 1 aromatic carbocycles. The number of benzene rings is 1. The number of halogens is 4. The minimum atomic E-state index is -1.75. The van der Waals surface area contributed by atoms with E-state index in [4.69, 9.17) is 0 Å². The van der Waals surface area contributed by atoms with E-state index in [-0.39, 0.29) is 0 Å². The highest BCUT2D eigenvalue weighted by Crippen LogP contribution is 2.28. The first-order valence-corrected chi connectivity index (χ1v) is 7.20. The van der Waals surface area contributed by atoms with Gasteiger partial charge in [0.05, 0.1) is 18.3 Å². The molecule has 3 rings (SSSR count). The number of aliphatic imine (C=N–C) groups is 1. The smallest absolute Gasteiger partial charge is 0.262 e. The van der Waals surface area contributed by atoms with Crippen molar-refractivity contribution in [1.82, 2.24) is 4.90 Å². The van der Waals surface area contributed by atoms with E-state index >= 15 is 0 Å². The minimum absolute atomic E-state index is 0.367. The number of alkyl halides is 2. The van der Waals surface area contributed by atoms with E-state index in [0.29, 0.717) is 24.7 Å². The van der Waals surface area contributed by atoms with Crippen LogP contribution in [0.5, 0.6) is 0 Å². The summed E-state index contributed by atoms with van der Waals surface area (Å²) in [6, 6.07) is 5.55. The lowest BCUT2D eigenvalue weighted by Gasteiger charge is -2.31. The maximum Gasteiger partial charge on any atom is 0.262 e. The van der Waals surface area contributed by atoms with Gasteiger partial charge in [0.25, 0.3) is 5.91 Å². The molecule has 2 aliphatic heterocycles. The quantitative estimate of drug-likeness (QED) is 0.704. The largest absolute Gasteiger partial charge is 0.286 e. The Morgan fingerprint density at radius 2 is 2.05 bits per heavy atom. The van der Waals surface area contributed by atoms with Gasteiger partial charge in [-0.15, -0.1) is 0 Å². The van der Waals surface area contributed by atoms with Crippen LogP contribution >= 0.6 is 15.9 Å². The van der Waals surface area contributed by atoms with E-state index in [1.54, 1.807) is 0 Å². The molecule has 22 heavy (non-hydrogen) atoms. The number of aryl methyl sites for hydroxylation is 1. The predicted molar refractivity (Wildman–Crippen MR) is 81.6 cm³/mol. The molecule has 0 unspecified atom stereocenters. The van der Waals surface area contributed by atoms with Gasteiger partial charge >= 0.3 is 0 Å². The molecule has 0 saturated carbocycles. The van der Waals surface area contributed by atoms with Crippen LogP contribution in [0.15, 0.2) is 39.7 Å². The van der Waals surface area contributed by atoms with Gasteiger partial charge in [-0.2, -0.15) is 4.39 Å². The Morgan fingerprint density at radius 3 is 2.68 bits per heavy atom. The summed E-state index contributed by atoms with van der Waals surface area (Å²) in [4.78, 5) is 19.1. The lowest BCUT2D eigenvalue weighted by atomic mass is 10.2. The summed E-state index contributed by atoms with van der Waals surface area (Å²) < 4.78 is 33.9. The van der Waals surface area contributed by atoms with Crippen molar-refractivity contribution in [2.24, 2.45) is 4.99 Å². The fourth-order valence-corrected chi connectivity index (χ4v) is 2.43. The van der Waals surface area contributed by atoms with Crippen molar-refractivity contribution in [2.75, 3.05) is 24.9 Å². The summed E-state index contributed by atoms with van der Waals surface area (Å²) in [5.41, 5.74) is 1.70. The van der Waals surface area contributed by atoms with Crippen molar-refractivity contribution in [1.29, 1.82) is 0 Å². The molecule has 1 amide bonds. The monoisotopic (exact) mass is 375 g/mol. The van der Waals surface area contributed by atoms with Gasteiger partial charge in [0, 0.05) is 11.0 Å². The van der Waals surface area contributed by atoms with Crippen LogP contribution in [-0.2, 0) is 4.79 Å². The van der Waals surface area contributed by atoms with E-state index in [9.17, 15) is 18.0 Å². The molecule has 0 fully saturated rings. The van der Waals surface area contributed by atoms with Gasteiger partial charge in [0.15, 0.2) is 0 Å². The fraction of sp³-hybridized carbons (Fsp3) is 0.286. The summed E-state index contributed by atoms with van der Waals surface area (Å²) in [7, 11) is 0. The summed E-state index contributed by atoms with van der Waals surface area (Å²) in [5, 5.41) is 0. The van der Waals surface area contributed by atoms with Crippen LogP contribution in [0.25, 0.3) is 0 Å². The number of carbonyl (C=O) groups is 1. The molecular weight excluding hydrogens is 363 g/mol. The van der Waals surface area contributed by atoms with Gasteiger partial charge in [-0.3, -0.25) is 14.7 Å². The SMILES string of the molecule is Cc1cc(N2C(=O)C=C(F)N3CCN=C32)ccc1Br.FCF. The number of rotatable bonds is 1. The Balaban J connectivity index is 0.000000545. The van der Waals surface area contributed by atoms with Gasteiger partial charge in [-0.25, -0.2) is 13.7 Å². The number of hydrogen-bond donors (Lipinski definition) is 0. The normalized spacial score (nSPS) is 16.7. The van der Waals surface area contributed by atoms with Crippen LogP contribution in [0.2, 0.25) is 0 Å². The molecule has 2 aliphatic rings. The number of guanidine groups is 1. The summed E-state index contributed by atoms with van der Waals surface area (Å²) in [5.74, 6) is -0.575. The lowest BCUT2D eigenvalue weighted by Crippen LogP contribution is -2.47. The number of amides is 1. The Labute approximate surface area is 134 Å². The lowest BCUT2D eigenvalue weighted by molar-refractivity contribution is -0.113. The zero-order chi connectivity index (χ0) is 16.3. The third-order valence-corrected chi connectivity index (χ3v) is 4.03. The molecule has 0 N–H and O–H groups in total. The summed E-state index contributed by atoms with van der Waals surface area (Å²) in [6.45, 7) is 1.15. The summed E-state index contributed by atoms with van der Waals surface area (Å²) >= 11 is 3.42. The van der Waals surface area contributed by atoms with E-state index in [1.165, 1.54) is 9.80 Å². The molecule has 0 radical (unpaired) electrons. The average molecular weight is 376 g/mol. The molecule has 2 heterocycles. The highest BCUT2D eigenvalue weighted by Gasteiger charge is 2.35. The van der Waals surface area contributed by atoms with Crippen LogP contribution in [0.3, 0.4) is 0 Å². The fourth-order valence-electron chi connectivity index (χ4n) is 2.18. The third kappa shape index (κ3) is 3.16. The van der Waals surface area contributed by atoms with Crippen LogP contribution in [0.1, 0.15) is 5.56 Å². The maximum atomic E-state index is 13.7. The van der Waals surface area contributed by atoms with Crippen molar-refractivity contribution < 1.29 is 18.0 Å². The maximum absolute atomic E-state index is 13.7. The first-order valence-electron chi connectivity index (χ1n) is 6.41. The van der Waals surface area contributed by atoms with Gasteiger partial charge in [0.1, 0.15) is 0 Å². The molecule has 0 aromatic heterocycles. The molecule has 0 atom stereocenters. The van der Waals surface area contributed by atoms with Gasteiger partial charge in [-0.1, -0.05) is 15.9 Å². The van der Waals surface area contributed by atoms with Crippen molar-refractivity contribution in [2.45, 2.75) is 6.92 Å². The van der Waals surface area contributed by atoms with Crippen LogP contribution in [0, 0.1) is 6.92 Å². The van der Waals surface area contributed by atoms with E-state index < -0.39 is 18.8 Å². The van der Waals surface area contributed by atoms with Crippen molar-refractivity contribution in [3.63, 3.8) is 0 Å². The Morgan fingerprint density at radius 1 is 1.36 bits per heavy atom. The number of carbonyl (C=O) groups excluding carboxylic acids is 1. The minimum Gasteiger partial charge on any atom is -0.286 e. The second-order valence-corrected chi connectivity index (χ2v) is 5.36. The zero-order valence-electron chi connectivity index (χ0n) is 11.7.